The molecule has 1 aromatic rings. The van der Waals surface area contributed by atoms with Gasteiger partial charge in [0.2, 0.25) is 0 Å². The van der Waals surface area contributed by atoms with Crippen LogP contribution in [0.25, 0.3) is 0 Å². The fourth-order valence-electron chi connectivity index (χ4n) is 8.49. The molecular formula is C30H41NO8. The van der Waals surface area contributed by atoms with Gasteiger partial charge in [-0.2, -0.15) is 0 Å². The summed E-state index contributed by atoms with van der Waals surface area (Å²) in [6.45, 7) is 6.99. The lowest BCUT2D eigenvalue weighted by molar-refractivity contribution is -0.272. The molecule has 2 saturated carbocycles. The van der Waals surface area contributed by atoms with Crippen LogP contribution in [0.1, 0.15) is 64.9 Å². The Morgan fingerprint density at radius 3 is 2.31 bits per heavy atom. The normalized spacial score (nSPS) is 35.3. The molecule has 39 heavy (non-hydrogen) atoms. The first-order chi connectivity index (χ1) is 18.6. The number of hydrogen-bond acceptors (Lipinski definition) is 9. The van der Waals surface area contributed by atoms with E-state index in [2.05, 4.69) is 11.8 Å². The summed E-state index contributed by atoms with van der Waals surface area (Å²) in [5.41, 5.74) is 0.683. The van der Waals surface area contributed by atoms with Crippen LogP contribution in [-0.2, 0) is 35.0 Å². The number of carbonyl (C=O) groups is 3. The molecule has 2 aliphatic carbocycles. The molecule has 214 valence electrons. The first-order valence-corrected chi connectivity index (χ1v) is 14.3. The molecule has 9 heteroatoms. The molecule has 8 atom stereocenters. The number of ether oxygens (including phenoxy) is 4. The Hall–Kier alpha value is -2.81. The number of methoxy groups -OCH3 is 1. The van der Waals surface area contributed by atoms with Gasteiger partial charge in [-0.25, -0.2) is 0 Å². The maximum Gasteiger partial charge on any atom is 0.306 e. The zero-order valence-corrected chi connectivity index (χ0v) is 23.4. The highest BCUT2D eigenvalue weighted by molar-refractivity contribution is 5.70. The van der Waals surface area contributed by atoms with Crippen molar-refractivity contribution in [2.75, 3.05) is 20.2 Å². The Balaban J connectivity index is 1.47. The summed E-state index contributed by atoms with van der Waals surface area (Å²) in [5.74, 6) is -0.682. The average molecular weight is 544 g/mol. The van der Waals surface area contributed by atoms with Gasteiger partial charge >= 0.3 is 17.9 Å². The summed E-state index contributed by atoms with van der Waals surface area (Å²) in [7, 11) is 1.48. The molecule has 2 aliphatic heterocycles. The Morgan fingerprint density at radius 1 is 0.974 bits per heavy atom. The molecule has 0 radical (unpaired) electrons. The number of benzene rings is 1. The first-order valence-electron chi connectivity index (χ1n) is 14.3. The van der Waals surface area contributed by atoms with E-state index in [1.165, 1.54) is 21.0 Å². The molecule has 2 heterocycles. The van der Waals surface area contributed by atoms with Crippen LogP contribution in [0.2, 0.25) is 0 Å². The van der Waals surface area contributed by atoms with Crippen LogP contribution in [0, 0.1) is 23.7 Å². The molecule has 1 aromatic carbocycles. The van der Waals surface area contributed by atoms with Crippen LogP contribution < -0.4 is 4.74 Å². The van der Waals surface area contributed by atoms with Gasteiger partial charge in [-0.3, -0.25) is 19.3 Å². The maximum atomic E-state index is 13.4. The molecule has 9 nitrogen and oxygen atoms in total. The van der Waals surface area contributed by atoms with E-state index in [1.807, 2.05) is 0 Å². The van der Waals surface area contributed by atoms with Crippen molar-refractivity contribution in [2.45, 2.75) is 89.6 Å². The van der Waals surface area contributed by atoms with Crippen LogP contribution in [0.4, 0.5) is 0 Å². The molecule has 5 rings (SSSR count). The second-order valence-corrected chi connectivity index (χ2v) is 11.8. The molecule has 2 saturated heterocycles. The molecule has 4 aliphatic rings. The van der Waals surface area contributed by atoms with Crippen molar-refractivity contribution in [1.29, 1.82) is 0 Å². The first kappa shape index (κ1) is 27.7. The highest BCUT2D eigenvalue weighted by Crippen LogP contribution is 2.62. The molecular weight excluding hydrogens is 502 g/mol. The lowest BCUT2D eigenvalue weighted by Crippen LogP contribution is -2.78. The van der Waals surface area contributed by atoms with E-state index in [0.717, 1.165) is 50.8 Å². The summed E-state index contributed by atoms with van der Waals surface area (Å²) in [5, 5.41) is 9.89. The third kappa shape index (κ3) is 4.98. The largest absolute Gasteiger partial charge is 0.504 e. The number of rotatable bonds is 7. The minimum Gasteiger partial charge on any atom is -0.504 e. The molecule has 1 spiro atoms. The van der Waals surface area contributed by atoms with Crippen molar-refractivity contribution in [3.05, 3.63) is 23.8 Å². The average Bonchev–Trinajstić information content (AvgIpc) is 2.88. The quantitative estimate of drug-likeness (QED) is 0.407. The van der Waals surface area contributed by atoms with Gasteiger partial charge in [0.1, 0.15) is 18.3 Å². The van der Waals surface area contributed by atoms with Crippen LogP contribution in [-0.4, -0.2) is 72.0 Å². The second-order valence-electron chi connectivity index (χ2n) is 11.8. The minimum absolute atomic E-state index is 0.0377. The van der Waals surface area contributed by atoms with Crippen LogP contribution in [0.15, 0.2) is 18.2 Å². The molecule has 2 bridgehead atoms. The van der Waals surface area contributed by atoms with Crippen molar-refractivity contribution >= 4 is 17.9 Å². The van der Waals surface area contributed by atoms with Crippen molar-refractivity contribution in [1.82, 2.24) is 4.90 Å². The fourth-order valence-corrected chi connectivity index (χ4v) is 8.49. The Kier molecular flexibility index (Phi) is 7.82. The van der Waals surface area contributed by atoms with Gasteiger partial charge < -0.3 is 24.1 Å². The van der Waals surface area contributed by atoms with Crippen molar-refractivity contribution in [3.8, 4) is 11.5 Å². The third-order valence-corrected chi connectivity index (χ3v) is 9.65. The van der Waals surface area contributed by atoms with Gasteiger partial charge in [0.15, 0.2) is 11.5 Å². The Morgan fingerprint density at radius 2 is 1.64 bits per heavy atom. The SMILES string of the molecule is COc1cc(CCC(=O)O[C@@H]2[C@@H](OC(C)=O)[C@H]3CCCN4CCC[C@@H]5[C@H]2[C@H](OC(C)=O)[C@@H](C)C[C@]354)ccc1O. The smallest absolute Gasteiger partial charge is 0.306 e. The van der Waals surface area contributed by atoms with E-state index in [0.29, 0.717) is 12.2 Å². The fraction of sp³-hybridized carbons (Fsp3) is 0.700. The van der Waals surface area contributed by atoms with E-state index in [1.54, 1.807) is 18.2 Å². The molecule has 0 unspecified atom stereocenters. The number of aryl methyl sites for hydroxylation is 1. The summed E-state index contributed by atoms with van der Waals surface area (Å²) < 4.78 is 23.5. The number of phenols is 1. The van der Waals surface area contributed by atoms with Gasteiger partial charge in [0.05, 0.1) is 7.11 Å². The number of hydrogen-bond donors (Lipinski definition) is 1. The van der Waals surface area contributed by atoms with Crippen molar-refractivity contribution < 1.29 is 38.4 Å². The molecule has 1 N–H and O–H groups in total. The van der Waals surface area contributed by atoms with Crippen molar-refractivity contribution in [3.63, 3.8) is 0 Å². The number of carbonyl (C=O) groups excluding carboxylic acids is 3. The summed E-state index contributed by atoms with van der Waals surface area (Å²) in [6, 6.07) is 5.00. The molecule has 0 amide bonds. The topological polar surface area (TPSA) is 112 Å². The van der Waals surface area contributed by atoms with E-state index in [-0.39, 0.29) is 53.3 Å². The summed E-state index contributed by atoms with van der Waals surface area (Å²) in [6.07, 6.45) is 3.61. The molecule has 4 fully saturated rings. The van der Waals surface area contributed by atoms with E-state index >= 15 is 0 Å². The van der Waals surface area contributed by atoms with Crippen LogP contribution in [0.3, 0.4) is 0 Å². The number of aromatic hydroxyl groups is 1. The van der Waals surface area contributed by atoms with Crippen LogP contribution >= 0.6 is 0 Å². The third-order valence-electron chi connectivity index (χ3n) is 9.65. The minimum atomic E-state index is -0.691. The highest BCUT2D eigenvalue weighted by atomic mass is 16.6. The van der Waals surface area contributed by atoms with Crippen LogP contribution in [0.5, 0.6) is 11.5 Å². The second kappa shape index (κ2) is 11.0. The summed E-state index contributed by atoms with van der Waals surface area (Å²) in [4.78, 5) is 40.6. The monoisotopic (exact) mass is 543 g/mol. The van der Waals surface area contributed by atoms with Gasteiger partial charge in [-0.1, -0.05) is 13.0 Å². The Labute approximate surface area is 230 Å². The van der Waals surface area contributed by atoms with E-state index in [9.17, 15) is 19.5 Å². The van der Waals surface area contributed by atoms with Gasteiger partial charge in [-0.05, 0) is 81.1 Å². The standard InChI is InChI=1S/C30H41NO8/c1-17-16-30-21-7-5-13-31(30)14-6-8-22(30)28(38-19(3)33)29(26(21)27(17)37-18(2)32)39-25(35)12-10-20-9-11-23(34)24(15-20)36-4/h9,11,15,17,21-22,26-29,34H,5-8,10,12-14,16H2,1-4H3/t17-,21+,22+,26-,27+,28-,29-,30+/m0/s1. The van der Waals surface area contributed by atoms with Gasteiger partial charge in [-0.15, -0.1) is 0 Å². The zero-order valence-electron chi connectivity index (χ0n) is 23.4. The lowest BCUT2D eigenvalue weighted by atomic mass is 9.46. The predicted octanol–water partition coefficient (Wildman–Crippen LogP) is 3.64. The van der Waals surface area contributed by atoms with Gasteiger partial charge in [0.25, 0.3) is 0 Å². The van der Waals surface area contributed by atoms with E-state index in [4.69, 9.17) is 18.9 Å². The number of nitrogens with zero attached hydrogens (tertiary/aromatic N) is 1. The number of phenolic OH excluding ortho intramolecular Hbond substituents is 1. The number of piperidine rings is 2. The maximum absolute atomic E-state index is 13.4. The molecule has 0 aromatic heterocycles. The van der Waals surface area contributed by atoms with E-state index < -0.39 is 24.3 Å². The predicted molar refractivity (Wildman–Crippen MR) is 141 cm³/mol. The Bertz CT molecular complexity index is 1100. The van der Waals surface area contributed by atoms with Gasteiger partial charge in [0, 0.05) is 37.6 Å². The number of esters is 3. The highest BCUT2D eigenvalue weighted by Gasteiger charge is 2.70. The van der Waals surface area contributed by atoms with Crippen molar-refractivity contribution in [2.24, 2.45) is 23.7 Å². The zero-order chi connectivity index (χ0) is 27.9. The summed E-state index contributed by atoms with van der Waals surface area (Å²) >= 11 is 0. The lowest BCUT2D eigenvalue weighted by Gasteiger charge is -2.69.